The van der Waals surface area contributed by atoms with Crippen molar-refractivity contribution in [2.24, 2.45) is 0 Å². The summed E-state index contributed by atoms with van der Waals surface area (Å²) >= 11 is 0. The smallest absolute Gasteiger partial charge is 0.264 e. The van der Waals surface area contributed by atoms with E-state index in [0.717, 1.165) is 53.1 Å². The number of anilines is 1. The molecule has 0 aliphatic heterocycles. The van der Waals surface area contributed by atoms with Gasteiger partial charge in [0.25, 0.3) is 10.0 Å². The minimum Gasteiger partial charge on any atom is -0.493 e. The van der Waals surface area contributed by atoms with Crippen LogP contribution in [0.4, 0.5) is 5.69 Å². The maximum absolute atomic E-state index is 14.8. The standard InChI is InChI=1S/C39H45N3O6S/c1-29-15-13-14-18-31(29)27-41(35(25-30-16-7-4-8-17-30)39(44)40-32-19-9-5-10-20-32)38(43)28-42(49(45,46)34-21-11-6-12-22-34)33-23-24-36(47-2)37(26-33)48-3/h4,6-8,11-18,21-24,26,32,35H,5,9-10,19-20,25,27-28H2,1-3H3,(H,40,44)/t35-/m0/s1. The number of carbonyl (C=O) groups is 2. The van der Waals surface area contributed by atoms with Gasteiger partial charge in [-0.25, -0.2) is 8.42 Å². The van der Waals surface area contributed by atoms with E-state index in [-0.39, 0.29) is 35.5 Å². The fourth-order valence-electron chi connectivity index (χ4n) is 6.30. The summed E-state index contributed by atoms with van der Waals surface area (Å²) in [5.74, 6) is -0.0389. The summed E-state index contributed by atoms with van der Waals surface area (Å²) in [6.07, 6.45) is 5.25. The van der Waals surface area contributed by atoms with Crippen molar-refractivity contribution >= 4 is 27.5 Å². The number of nitrogens with zero attached hydrogens (tertiary/aromatic N) is 2. The molecule has 4 aromatic carbocycles. The largest absolute Gasteiger partial charge is 0.493 e. The number of hydrogen-bond acceptors (Lipinski definition) is 6. The Morgan fingerprint density at radius 3 is 2.10 bits per heavy atom. The van der Waals surface area contributed by atoms with Crippen LogP contribution in [0.15, 0.2) is 108 Å². The molecule has 1 aliphatic carbocycles. The van der Waals surface area contributed by atoms with E-state index in [1.165, 1.54) is 32.4 Å². The molecule has 0 saturated heterocycles. The van der Waals surface area contributed by atoms with Crippen LogP contribution in [0, 0.1) is 6.92 Å². The molecular weight excluding hydrogens is 639 g/mol. The van der Waals surface area contributed by atoms with E-state index in [0.29, 0.717) is 11.5 Å². The van der Waals surface area contributed by atoms with Gasteiger partial charge in [-0.3, -0.25) is 13.9 Å². The van der Waals surface area contributed by atoms with Crippen LogP contribution < -0.4 is 19.1 Å². The van der Waals surface area contributed by atoms with Gasteiger partial charge in [0.05, 0.1) is 24.8 Å². The maximum atomic E-state index is 14.8. The Bertz CT molecular complexity index is 1810. The van der Waals surface area contributed by atoms with E-state index >= 15 is 0 Å². The number of sulfonamides is 1. The van der Waals surface area contributed by atoms with Crippen LogP contribution >= 0.6 is 0 Å². The highest BCUT2D eigenvalue weighted by Crippen LogP contribution is 2.34. The molecule has 1 atom stereocenters. The van der Waals surface area contributed by atoms with Crippen molar-refractivity contribution in [2.45, 2.75) is 69.0 Å². The van der Waals surface area contributed by atoms with E-state index in [2.05, 4.69) is 5.32 Å². The zero-order valence-electron chi connectivity index (χ0n) is 28.4. The van der Waals surface area contributed by atoms with Gasteiger partial charge in [0.15, 0.2) is 11.5 Å². The first-order valence-corrected chi connectivity index (χ1v) is 18.1. The van der Waals surface area contributed by atoms with Crippen LogP contribution in [0.3, 0.4) is 0 Å². The number of benzene rings is 4. The minimum absolute atomic E-state index is 0.0247. The van der Waals surface area contributed by atoms with Crippen LogP contribution in [-0.4, -0.2) is 58.0 Å². The third kappa shape index (κ3) is 8.80. The summed E-state index contributed by atoms with van der Waals surface area (Å²) in [4.78, 5) is 30.7. The van der Waals surface area contributed by atoms with E-state index < -0.39 is 28.5 Å². The number of hydrogen-bond donors (Lipinski definition) is 1. The Kier molecular flexibility index (Phi) is 12.0. The predicted molar refractivity (Wildman–Crippen MR) is 191 cm³/mol. The lowest BCUT2D eigenvalue weighted by molar-refractivity contribution is -0.140. The Labute approximate surface area is 289 Å². The van der Waals surface area contributed by atoms with Crippen molar-refractivity contribution < 1.29 is 27.5 Å². The van der Waals surface area contributed by atoms with Gasteiger partial charge in [0.2, 0.25) is 11.8 Å². The van der Waals surface area contributed by atoms with E-state index in [4.69, 9.17) is 9.47 Å². The van der Waals surface area contributed by atoms with Crippen LogP contribution in [0.5, 0.6) is 11.5 Å². The van der Waals surface area contributed by atoms with Gasteiger partial charge in [0.1, 0.15) is 12.6 Å². The lowest BCUT2D eigenvalue weighted by atomic mass is 9.94. The van der Waals surface area contributed by atoms with Crippen molar-refractivity contribution in [3.8, 4) is 11.5 Å². The Hall–Kier alpha value is -4.83. The molecule has 0 bridgehead atoms. The third-order valence-electron chi connectivity index (χ3n) is 9.09. The molecule has 2 amide bonds. The lowest BCUT2D eigenvalue weighted by Gasteiger charge is -2.35. The Morgan fingerprint density at radius 2 is 1.45 bits per heavy atom. The fraction of sp³-hybridized carbons (Fsp3) is 0.333. The van der Waals surface area contributed by atoms with E-state index in [9.17, 15) is 18.0 Å². The molecule has 1 fully saturated rings. The number of nitrogens with one attached hydrogen (secondary N) is 1. The van der Waals surface area contributed by atoms with Crippen molar-refractivity contribution in [3.63, 3.8) is 0 Å². The molecule has 1 N–H and O–H groups in total. The molecule has 0 radical (unpaired) electrons. The number of amides is 2. The topological polar surface area (TPSA) is 105 Å². The quantitative estimate of drug-likeness (QED) is 0.167. The van der Waals surface area contributed by atoms with Gasteiger partial charge in [-0.15, -0.1) is 0 Å². The average Bonchev–Trinajstić information content (AvgIpc) is 3.13. The zero-order valence-corrected chi connectivity index (χ0v) is 29.2. The number of methoxy groups -OCH3 is 2. The number of aryl methyl sites for hydroxylation is 1. The predicted octanol–water partition coefficient (Wildman–Crippen LogP) is 6.30. The summed E-state index contributed by atoms with van der Waals surface area (Å²) < 4.78 is 40.6. The Balaban J connectivity index is 1.59. The molecule has 10 heteroatoms. The molecule has 5 rings (SSSR count). The molecular formula is C39H45N3O6S. The molecule has 258 valence electrons. The minimum atomic E-state index is -4.25. The highest BCUT2D eigenvalue weighted by atomic mass is 32.2. The highest BCUT2D eigenvalue weighted by molar-refractivity contribution is 7.92. The summed E-state index contributed by atoms with van der Waals surface area (Å²) in [6, 6.07) is 29.2. The number of rotatable bonds is 14. The zero-order chi connectivity index (χ0) is 34.8. The average molecular weight is 684 g/mol. The van der Waals surface area contributed by atoms with Gasteiger partial charge >= 0.3 is 0 Å². The van der Waals surface area contributed by atoms with Crippen LogP contribution in [-0.2, 0) is 32.6 Å². The summed E-state index contributed by atoms with van der Waals surface area (Å²) in [6.45, 7) is 1.52. The SMILES string of the molecule is COc1ccc(N(CC(=O)N(Cc2ccccc2C)[C@@H](Cc2ccccc2)C(=O)NC2CCCCC2)S(=O)(=O)c2ccccc2)cc1OC. The molecule has 0 unspecified atom stereocenters. The fourth-order valence-corrected chi connectivity index (χ4v) is 7.72. The lowest BCUT2D eigenvalue weighted by Crippen LogP contribution is -2.55. The molecule has 1 aliphatic rings. The first-order chi connectivity index (χ1) is 23.7. The number of ether oxygens (including phenoxy) is 2. The second kappa shape index (κ2) is 16.5. The third-order valence-corrected chi connectivity index (χ3v) is 10.9. The van der Waals surface area contributed by atoms with Crippen molar-refractivity contribution in [2.75, 3.05) is 25.1 Å². The molecule has 4 aromatic rings. The van der Waals surface area contributed by atoms with Gasteiger partial charge in [-0.1, -0.05) is 92.1 Å². The normalized spacial score (nSPS) is 14.0. The van der Waals surface area contributed by atoms with Crippen LogP contribution in [0.2, 0.25) is 0 Å². The van der Waals surface area contributed by atoms with Crippen LogP contribution in [0.1, 0.15) is 48.8 Å². The van der Waals surface area contributed by atoms with Crippen molar-refractivity contribution in [3.05, 3.63) is 120 Å². The first-order valence-electron chi connectivity index (χ1n) is 16.7. The first kappa shape index (κ1) is 35.5. The van der Waals surface area contributed by atoms with Gasteiger partial charge < -0.3 is 19.7 Å². The van der Waals surface area contributed by atoms with E-state index in [1.54, 1.807) is 35.2 Å². The second-order valence-corrected chi connectivity index (χ2v) is 14.2. The monoisotopic (exact) mass is 683 g/mol. The highest BCUT2D eigenvalue weighted by Gasteiger charge is 2.36. The van der Waals surface area contributed by atoms with Crippen LogP contribution in [0.25, 0.3) is 0 Å². The second-order valence-electron chi connectivity index (χ2n) is 12.4. The molecule has 49 heavy (non-hydrogen) atoms. The number of carbonyl (C=O) groups excluding carboxylic acids is 2. The van der Waals surface area contributed by atoms with Crippen molar-refractivity contribution in [1.82, 2.24) is 10.2 Å². The molecule has 0 aromatic heterocycles. The van der Waals surface area contributed by atoms with Gasteiger partial charge in [-0.05, 0) is 60.7 Å². The summed E-state index contributed by atoms with van der Waals surface area (Å²) in [7, 11) is -1.29. The van der Waals surface area contributed by atoms with Crippen molar-refractivity contribution in [1.29, 1.82) is 0 Å². The van der Waals surface area contributed by atoms with Gasteiger partial charge in [0, 0.05) is 25.1 Å². The summed E-state index contributed by atoms with van der Waals surface area (Å²) in [5.41, 5.74) is 2.93. The van der Waals surface area contributed by atoms with E-state index in [1.807, 2.05) is 61.5 Å². The molecule has 0 spiro atoms. The maximum Gasteiger partial charge on any atom is 0.264 e. The Morgan fingerprint density at radius 1 is 0.816 bits per heavy atom. The summed E-state index contributed by atoms with van der Waals surface area (Å²) in [5, 5.41) is 3.25. The molecule has 9 nitrogen and oxygen atoms in total. The molecule has 1 saturated carbocycles. The van der Waals surface area contributed by atoms with Gasteiger partial charge in [-0.2, -0.15) is 0 Å². The molecule has 0 heterocycles.